The third-order valence-electron chi connectivity index (χ3n) is 3.24. The molecule has 0 aliphatic carbocycles. The first-order valence-electron chi connectivity index (χ1n) is 7.16. The van der Waals surface area contributed by atoms with Gasteiger partial charge in [-0.05, 0) is 38.1 Å². The monoisotopic (exact) mass is 336 g/mol. The number of carboxylic acid groups (broad SMARTS) is 1. The predicted molar refractivity (Wildman–Crippen MR) is 84.5 cm³/mol. The van der Waals surface area contributed by atoms with Crippen molar-refractivity contribution < 1.29 is 29.0 Å². The Kier molecular flexibility index (Phi) is 6.46. The molecule has 1 aromatic carbocycles. The molecular weight excluding hydrogens is 316 g/mol. The average Bonchev–Trinajstić information content (AvgIpc) is 2.52. The number of primary amides is 1. The second kappa shape index (κ2) is 8.09. The molecule has 0 aliphatic rings. The first-order chi connectivity index (χ1) is 11.2. The second-order valence-electron chi connectivity index (χ2n) is 5.89. The highest BCUT2D eigenvalue weighted by Crippen LogP contribution is 2.19. The lowest BCUT2D eigenvalue weighted by atomic mass is 9.93. The number of carbonyl (C=O) groups is 4. The maximum atomic E-state index is 12.2. The number of rotatable bonds is 9. The lowest BCUT2D eigenvalue weighted by molar-refractivity contribution is -0.145. The molecule has 24 heavy (non-hydrogen) atoms. The number of amides is 2. The van der Waals surface area contributed by atoms with Crippen LogP contribution >= 0.6 is 0 Å². The molecule has 1 rings (SSSR count). The zero-order valence-corrected chi connectivity index (χ0v) is 13.4. The normalized spacial score (nSPS) is 12.1. The van der Waals surface area contributed by atoms with Gasteiger partial charge in [-0.2, -0.15) is 0 Å². The topological polar surface area (TPSA) is 136 Å². The molecular formula is C16H20N2O6. The Morgan fingerprint density at radius 3 is 2.33 bits per heavy atom. The van der Waals surface area contributed by atoms with E-state index in [4.69, 9.17) is 15.6 Å². The summed E-state index contributed by atoms with van der Waals surface area (Å²) in [6, 6.07) is 4.93. The molecule has 0 fully saturated rings. The molecule has 0 aliphatic heterocycles. The van der Waals surface area contributed by atoms with Crippen LogP contribution in [0, 0.1) is 5.41 Å². The molecule has 1 aromatic rings. The van der Waals surface area contributed by atoms with E-state index in [0.717, 1.165) is 0 Å². The van der Waals surface area contributed by atoms with Crippen LogP contribution < -0.4 is 15.8 Å². The van der Waals surface area contributed by atoms with E-state index in [9.17, 15) is 19.2 Å². The van der Waals surface area contributed by atoms with Crippen LogP contribution in [-0.4, -0.2) is 41.8 Å². The quantitative estimate of drug-likeness (QED) is 0.557. The smallest absolute Gasteiger partial charge is 0.326 e. The van der Waals surface area contributed by atoms with Gasteiger partial charge in [-0.1, -0.05) is 0 Å². The van der Waals surface area contributed by atoms with E-state index in [1.807, 2.05) is 0 Å². The summed E-state index contributed by atoms with van der Waals surface area (Å²) in [6.45, 7) is 3.12. The number of nitrogens with one attached hydrogen (secondary N) is 1. The highest BCUT2D eigenvalue weighted by Gasteiger charge is 2.32. The number of hydrogen-bond donors (Lipinski definition) is 3. The molecule has 0 saturated heterocycles. The molecule has 0 spiro atoms. The van der Waals surface area contributed by atoms with E-state index < -0.39 is 35.7 Å². The third-order valence-corrected chi connectivity index (χ3v) is 3.24. The number of aldehydes is 1. The fraction of sp³-hybridized carbons (Fsp3) is 0.375. The van der Waals surface area contributed by atoms with E-state index in [1.54, 1.807) is 38.1 Å². The molecule has 8 heteroatoms. The van der Waals surface area contributed by atoms with Crippen LogP contribution in [0.2, 0.25) is 0 Å². The number of benzene rings is 1. The van der Waals surface area contributed by atoms with Crippen LogP contribution in [0.25, 0.3) is 0 Å². The number of carbonyl (C=O) groups excluding carboxylic acids is 3. The van der Waals surface area contributed by atoms with Gasteiger partial charge in [0.05, 0.1) is 11.8 Å². The van der Waals surface area contributed by atoms with Crippen molar-refractivity contribution in [2.75, 3.05) is 6.61 Å². The van der Waals surface area contributed by atoms with E-state index in [0.29, 0.717) is 17.6 Å². The minimum absolute atomic E-state index is 0.0256. The van der Waals surface area contributed by atoms with E-state index in [1.165, 1.54) is 0 Å². The van der Waals surface area contributed by atoms with Gasteiger partial charge in [-0.25, -0.2) is 4.79 Å². The minimum Gasteiger partial charge on any atom is -0.492 e. The van der Waals surface area contributed by atoms with Crippen LogP contribution in [0.4, 0.5) is 0 Å². The number of carboxylic acids is 1. The fourth-order valence-corrected chi connectivity index (χ4v) is 1.73. The lowest BCUT2D eigenvalue weighted by Gasteiger charge is -2.25. The van der Waals surface area contributed by atoms with Crippen LogP contribution in [0.1, 0.15) is 30.6 Å². The van der Waals surface area contributed by atoms with Gasteiger partial charge in [0.25, 0.3) is 0 Å². The summed E-state index contributed by atoms with van der Waals surface area (Å²) < 4.78 is 5.50. The van der Waals surface area contributed by atoms with Crippen LogP contribution in [0.15, 0.2) is 24.3 Å². The summed E-state index contributed by atoms with van der Waals surface area (Å²) in [5.41, 5.74) is 4.42. The van der Waals surface area contributed by atoms with Crippen molar-refractivity contribution in [3.8, 4) is 5.75 Å². The van der Waals surface area contributed by atoms with Crippen molar-refractivity contribution in [3.05, 3.63) is 29.8 Å². The molecule has 2 amide bonds. The fourth-order valence-electron chi connectivity index (χ4n) is 1.73. The Morgan fingerprint density at radius 2 is 1.88 bits per heavy atom. The van der Waals surface area contributed by atoms with Crippen LogP contribution in [-0.2, 0) is 14.4 Å². The maximum absolute atomic E-state index is 12.2. The molecule has 0 bridgehead atoms. The van der Waals surface area contributed by atoms with Crippen LogP contribution in [0.3, 0.4) is 0 Å². The van der Waals surface area contributed by atoms with Gasteiger partial charge in [0.2, 0.25) is 11.8 Å². The lowest BCUT2D eigenvalue weighted by Crippen LogP contribution is -2.49. The zero-order valence-electron chi connectivity index (χ0n) is 13.4. The van der Waals surface area contributed by atoms with Gasteiger partial charge >= 0.3 is 5.97 Å². The van der Waals surface area contributed by atoms with Gasteiger partial charge < -0.3 is 20.9 Å². The SMILES string of the molecule is CC(C)(COc1ccc(C=O)cc1)C(=O)NC(CC(N)=O)C(=O)O. The number of nitrogens with two attached hydrogens (primary N) is 1. The highest BCUT2D eigenvalue weighted by molar-refractivity contribution is 5.90. The Bertz CT molecular complexity index is 624. The zero-order chi connectivity index (χ0) is 18.3. The highest BCUT2D eigenvalue weighted by atomic mass is 16.5. The third kappa shape index (κ3) is 5.71. The van der Waals surface area contributed by atoms with Gasteiger partial charge in [-0.3, -0.25) is 14.4 Å². The molecule has 1 unspecified atom stereocenters. The van der Waals surface area contributed by atoms with Gasteiger partial charge in [-0.15, -0.1) is 0 Å². The molecule has 1 atom stereocenters. The average molecular weight is 336 g/mol. The Morgan fingerprint density at radius 1 is 1.29 bits per heavy atom. The summed E-state index contributed by atoms with van der Waals surface area (Å²) in [6.07, 6.45) is 0.205. The van der Waals surface area contributed by atoms with Gasteiger partial charge in [0.15, 0.2) is 0 Å². The molecule has 0 saturated carbocycles. The van der Waals surface area contributed by atoms with Gasteiger partial charge in [0.1, 0.15) is 24.7 Å². The molecule has 0 radical (unpaired) electrons. The Labute approximate surface area is 139 Å². The maximum Gasteiger partial charge on any atom is 0.326 e. The van der Waals surface area contributed by atoms with Crippen molar-refractivity contribution in [2.24, 2.45) is 11.1 Å². The van der Waals surface area contributed by atoms with E-state index >= 15 is 0 Å². The summed E-state index contributed by atoms with van der Waals surface area (Å²) in [7, 11) is 0. The van der Waals surface area contributed by atoms with Crippen molar-refractivity contribution in [1.29, 1.82) is 0 Å². The molecule has 0 heterocycles. The van der Waals surface area contributed by atoms with Crippen molar-refractivity contribution in [1.82, 2.24) is 5.32 Å². The van der Waals surface area contributed by atoms with Gasteiger partial charge in [0, 0.05) is 5.56 Å². The minimum atomic E-state index is -1.39. The Hall–Kier alpha value is -2.90. The molecule has 8 nitrogen and oxygen atoms in total. The van der Waals surface area contributed by atoms with Crippen molar-refractivity contribution in [2.45, 2.75) is 26.3 Å². The summed E-state index contributed by atoms with van der Waals surface area (Å²) in [5, 5.41) is 11.3. The number of ether oxygens (including phenoxy) is 1. The van der Waals surface area contributed by atoms with Crippen LogP contribution in [0.5, 0.6) is 5.75 Å². The largest absolute Gasteiger partial charge is 0.492 e. The first kappa shape index (κ1) is 19.1. The van der Waals surface area contributed by atoms with E-state index in [2.05, 4.69) is 5.32 Å². The second-order valence-corrected chi connectivity index (χ2v) is 5.89. The molecule has 4 N–H and O–H groups in total. The van der Waals surface area contributed by atoms with Crippen molar-refractivity contribution >= 4 is 24.1 Å². The summed E-state index contributed by atoms with van der Waals surface area (Å²) >= 11 is 0. The summed E-state index contributed by atoms with van der Waals surface area (Å²) in [5.74, 6) is -2.29. The molecule has 0 aromatic heterocycles. The Balaban J connectivity index is 2.67. The number of hydrogen-bond acceptors (Lipinski definition) is 5. The first-order valence-corrected chi connectivity index (χ1v) is 7.16. The summed E-state index contributed by atoms with van der Waals surface area (Å²) in [4.78, 5) is 44.7. The number of aliphatic carboxylic acids is 1. The van der Waals surface area contributed by atoms with Crippen molar-refractivity contribution in [3.63, 3.8) is 0 Å². The molecule has 130 valence electrons. The standard InChI is InChI=1S/C16H20N2O6/c1-16(2,9-24-11-5-3-10(8-19)4-6-11)15(23)18-12(14(21)22)7-13(17)20/h3-6,8,12H,7,9H2,1-2H3,(H2,17,20)(H,18,23)(H,21,22). The van der Waals surface area contributed by atoms with E-state index in [-0.39, 0.29) is 6.61 Å². The predicted octanol–water partition coefficient (Wildman–Crippen LogP) is 0.349.